The van der Waals surface area contributed by atoms with Crippen LogP contribution in [-0.2, 0) is 11.4 Å². The van der Waals surface area contributed by atoms with E-state index in [1.807, 2.05) is 0 Å². The summed E-state index contributed by atoms with van der Waals surface area (Å²) in [6.45, 7) is -0.0894. The van der Waals surface area contributed by atoms with Crippen LogP contribution in [0.5, 0.6) is 0 Å². The predicted octanol–water partition coefficient (Wildman–Crippen LogP) is 0.197. The van der Waals surface area contributed by atoms with E-state index in [2.05, 4.69) is 10.7 Å². The fraction of sp³-hybridized carbons (Fsp3) is 0.167. The van der Waals surface area contributed by atoms with E-state index in [0.717, 1.165) is 0 Å². The van der Waals surface area contributed by atoms with Crippen LogP contribution in [0.25, 0.3) is 0 Å². The molecule has 0 aromatic carbocycles. The van der Waals surface area contributed by atoms with Crippen molar-refractivity contribution in [3.8, 4) is 0 Å². The molecule has 1 aromatic heterocycles. The molecule has 0 aliphatic heterocycles. The number of rotatable bonds is 4. The van der Waals surface area contributed by atoms with Crippen LogP contribution in [0.4, 0.5) is 0 Å². The highest BCUT2D eigenvalue weighted by atomic mass is 16.9. The Labute approximate surface area is 68.0 Å². The Bertz CT molecular complexity index is 258. The first kappa shape index (κ1) is 8.88. The number of carbonyl (C=O) groups is 1. The van der Waals surface area contributed by atoms with Crippen LogP contribution in [0.2, 0.25) is 0 Å². The minimum Gasteiger partial charge on any atom is -0.748 e. The predicted molar refractivity (Wildman–Crippen MR) is 38.3 cm³/mol. The van der Waals surface area contributed by atoms with Gasteiger partial charge in [0.25, 0.3) is 0 Å². The molecule has 0 aliphatic carbocycles. The number of nitrogens with zero attached hydrogens (tertiary/aromatic N) is 1. The van der Waals surface area contributed by atoms with Gasteiger partial charge in [-0.15, -0.1) is 0 Å². The molecule has 66 valence electrons. The second-order valence-corrected chi connectivity index (χ2v) is 1.98. The van der Waals surface area contributed by atoms with Crippen LogP contribution < -0.4 is 5.84 Å². The molecule has 12 heavy (non-hydrogen) atoms. The number of furan rings is 1. The molecule has 0 spiro atoms. The molecule has 0 saturated heterocycles. The molecule has 0 amide bonds. The third-order valence-corrected chi connectivity index (χ3v) is 1.13. The van der Waals surface area contributed by atoms with Gasteiger partial charge in [-0.3, -0.25) is 15.5 Å². The van der Waals surface area contributed by atoms with Crippen LogP contribution >= 0.6 is 0 Å². The maximum absolute atomic E-state index is 10.1. The van der Waals surface area contributed by atoms with E-state index < -0.39 is 0 Å². The third-order valence-electron chi connectivity index (χ3n) is 1.13. The summed E-state index contributed by atoms with van der Waals surface area (Å²) in [7, 11) is 0. The molecule has 0 fully saturated rings. The lowest BCUT2D eigenvalue weighted by Gasteiger charge is -2.18. The van der Waals surface area contributed by atoms with Gasteiger partial charge in [-0.05, 0) is 12.1 Å². The van der Waals surface area contributed by atoms with Gasteiger partial charge in [-0.2, -0.15) is 5.34 Å². The normalized spacial score (nSPS) is 10.6. The van der Waals surface area contributed by atoms with Gasteiger partial charge in [0.05, 0.1) is 0 Å². The smallest absolute Gasteiger partial charge is 0.185 e. The number of hydrazine groups is 1. The maximum atomic E-state index is 10.1. The van der Waals surface area contributed by atoms with Crippen molar-refractivity contribution in [1.82, 2.24) is 5.34 Å². The fourth-order valence-electron chi connectivity index (χ4n) is 0.663. The summed E-state index contributed by atoms with van der Waals surface area (Å²) >= 11 is 0. The van der Waals surface area contributed by atoms with Gasteiger partial charge < -0.3 is 9.62 Å². The second-order valence-electron chi connectivity index (χ2n) is 1.98. The highest BCUT2D eigenvalue weighted by molar-refractivity contribution is 5.70. The molecule has 2 N–H and O–H groups in total. The largest absolute Gasteiger partial charge is 0.748 e. The molecule has 0 unspecified atom stereocenters. The van der Waals surface area contributed by atoms with Crippen LogP contribution in [0.15, 0.2) is 16.5 Å². The summed E-state index contributed by atoms with van der Waals surface area (Å²) < 4.78 is 4.87. The average molecular weight is 171 g/mol. The highest BCUT2D eigenvalue weighted by Gasteiger charge is 2.00. The Balaban J connectivity index is 2.47. The zero-order chi connectivity index (χ0) is 8.97. The van der Waals surface area contributed by atoms with E-state index in [1.54, 1.807) is 0 Å². The quantitative estimate of drug-likeness (QED) is 0.395. The zero-order valence-electron chi connectivity index (χ0n) is 6.10. The van der Waals surface area contributed by atoms with Crippen molar-refractivity contribution in [1.29, 1.82) is 0 Å². The van der Waals surface area contributed by atoms with Gasteiger partial charge in [0, 0.05) is 0 Å². The van der Waals surface area contributed by atoms with E-state index in [-0.39, 0.29) is 17.7 Å². The van der Waals surface area contributed by atoms with Crippen LogP contribution in [0, 0.1) is 5.21 Å². The van der Waals surface area contributed by atoms with Crippen molar-refractivity contribution in [3.63, 3.8) is 0 Å². The van der Waals surface area contributed by atoms with Crippen molar-refractivity contribution < 1.29 is 14.0 Å². The highest BCUT2D eigenvalue weighted by Crippen LogP contribution is 2.06. The first-order valence-corrected chi connectivity index (χ1v) is 3.11. The van der Waals surface area contributed by atoms with E-state index in [0.29, 0.717) is 12.0 Å². The molecule has 0 atom stereocenters. The van der Waals surface area contributed by atoms with E-state index in [1.165, 1.54) is 12.1 Å². The molecule has 1 aromatic rings. The van der Waals surface area contributed by atoms with Crippen molar-refractivity contribution in [2.75, 3.05) is 0 Å². The molecule has 0 bridgehead atoms. The molecule has 0 saturated carbocycles. The molecular formula is C6H7N2O4-. The Morgan fingerprint density at radius 3 is 3.00 bits per heavy atom. The van der Waals surface area contributed by atoms with E-state index in [4.69, 9.17) is 4.42 Å². The summed E-state index contributed by atoms with van der Waals surface area (Å²) in [6.07, 6.45) is 0.556. The topological polar surface area (TPSA) is 91.8 Å². The molecule has 0 radical (unpaired) electrons. The molecule has 6 nitrogen and oxygen atoms in total. The lowest BCUT2D eigenvalue weighted by Crippen LogP contribution is -2.23. The van der Waals surface area contributed by atoms with Gasteiger partial charge in [0.1, 0.15) is 12.4 Å². The molecule has 0 aliphatic rings. The van der Waals surface area contributed by atoms with Gasteiger partial charge in [-0.25, -0.2) is 0 Å². The Hall–Kier alpha value is -1.21. The Morgan fingerprint density at radius 1 is 1.75 bits per heavy atom. The lowest BCUT2D eigenvalue weighted by atomic mass is 10.4. The van der Waals surface area contributed by atoms with Crippen molar-refractivity contribution >= 4 is 6.29 Å². The van der Waals surface area contributed by atoms with Crippen molar-refractivity contribution in [2.24, 2.45) is 5.84 Å². The van der Waals surface area contributed by atoms with Gasteiger partial charge in [0.15, 0.2) is 12.0 Å². The lowest BCUT2D eigenvalue weighted by molar-refractivity contribution is -0.138. The standard InChI is InChI=1S/C6H7N2O4/c7-8(10)11-4-6-2-1-5(3-9)12-6/h1-3H,4,7H2/q-1. The van der Waals surface area contributed by atoms with Crippen molar-refractivity contribution in [2.45, 2.75) is 6.61 Å². The Morgan fingerprint density at radius 2 is 2.50 bits per heavy atom. The van der Waals surface area contributed by atoms with Gasteiger partial charge >= 0.3 is 0 Å². The van der Waals surface area contributed by atoms with E-state index >= 15 is 0 Å². The number of nitrogens with two attached hydrogens (primary N) is 1. The summed E-state index contributed by atoms with van der Waals surface area (Å²) in [6, 6.07) is 2.99. The monoisotopic (exact) mass is 171 g/mol. The molecule has 1 heterocycles. The van der Waals surface area contributed by atoms with Crippen LogP contribution in [0.3, 0.4) is 0 Å². The Kier molecular flexibility index (Phi) is 2.94. The van der Waals surface area contributed by atoms with E-state index in [9.17, 15) is 10.0 Å². The summed E-state index contributed by atoms with van der Waals surface area (Å²) in [5, 5.41) is 9.88. The second kappa shape index (κ2) is 3.98. The van der Waals surface area contributed by atoms with Crippen LogP contribution in [-0.4, -0.2) is 11.6 Å². The van der Waals surface area contributed by atoms with Gasteiger partial charge in [-0.1, -0.05) is 0 Å². The average Bonchev–Trinajstić information content (AvgIpc) is 2.48. The molecule has 1 rings (SSSR count). The number of hydrogen-bond donors (Lipinski definition) is 1. The number of hydrogen-bond acceptors (Lipinski definition) is 6. The summed E-state index contributed by atoms with van der Waals surface area (Å²) in [5.74, 6) is 5.17. The first-order valence-electron chi connectivity index (χ1n) is 3.11. The van der Waals surface area contributed by atoms with Crippen molar-refractivity contribution in [3.05, 3.63) is 28.9 Å². The maximum Gasteiger partial charge on any atom is 0.185 e. The van der Waals surface area contributed by atoms with Gasteiger partial charge in [0.2, 0.25) is 0 Å². The number of aldehydes is 1. The first-order chi connectivity index (χ1) is 5.72. The number of carbonyl (C=O) groups excluding carboxylic acids is 1. The minimum atomic E-state index is -0.177. The fourth-order valence-corrected chi connectivity index (χ4v) is 0.663. The third kappa shape index (κ3) is 2.44. The summed E-state index contributed by atoms with van der Waals surface area (Å²) in [4.78, 5) is 14.5. The SMILES string of the molecule is NN([O-])OCc1ccc(C=O)o1. The summed E-state index contributed by atoms with van der Waals surface area (Å²) in [5.41, 5.74) is 0. The van der Waals surface area contributed by atoms with Crippen LogP contribution in [0.1, 0.15) is 16.3 Å². The molecule has 6 heteroatoms. The molecular weight excluding hydrogens is 164 g/mol. The zero-order valence-corrected chi connectivity index (χ0v) is 6.10. The minimum absolute atomic E-state index is 0.0894.